The van der Waals surface area contributed by atoms with Crippen LogP contribution in [-0.2, 0) is 0 Å². The highest BCUT2D eigenvalue weighted by Crippen LogP contribution is 2.20. The van der Waals surface area contributed by atoms with E-state index in [4.69, 9.17) is 0 Å². The Hall–Kier alpha value is -4.20. The van der Waals surface area contributed by atoms with Gasteiger partial charge in [0.25, 0.3) is 5.91 Å². The van der Waals surface area contributed by atoms with Crippen LogP contribution in [0.5, 0.6) is 0 Å². The summed E-state index contributed by atoms with van der Waals surface area (Å²) >= 11 is 0. The number of carbonyl (C=O) groups excluding carboxylic acids is 1. The van der Waals surface area contributed by atoms with Crippen molar-refractivity contribution in [2.24, 2.45) is 0 Å². The SMILES string of the molecule is CCNc1nc(C)cc(Nc2ccc(NC(=O)c3cccc(-n4cccn4)c3)cc2)n1. The average molecular weight is 413 g/mol. The fourth-order valence-corrected chi connectivity index (χ4v) is 3.07. The minimum Gasteiger partial charge on any atom is -0.354 e. The zero-order chi connectivity index (χ0) is 21.6. The molecule has 0 bridgehead atoms. The van der Waals surface area contributed by atoms with E-state index in [1.165, 1.54) is 0 Å². The highest BCUT2D eigenvalue weighted by molar-refractivity contribution is 6.04. The first kappa shape index (κ1) is 20.1. The number of rotatable bonds is 7. The Balaban J connectivity index is 1.43. The number of hydrogen-bond donors (Lipinski definition) is 3. The van der Waals surface area contributed by atoms with Gasteiger partial charge in [0.1, 0.15) is 5.82 Å². The van der Waals surface area contributed by atoms with E-state index < -0.39 is 0 Å². The number of nitrogens with zero attached hydrogens (tertiary/aromatic N) is 4. The number of aryl methyl sites for hydroxylation is 1. The van der Waals surface area contributed by atoms with Gasteiger partial charge in [0, 0.05) is 47.6 Å². The van der Waals surface area contributed by atoms with Crippen molar-refractivity contribution in [2.45, 2.75) is 13.8 Å². The fraction of sp³-hybridized carbons (Fsp3) is 0.130. The summed E-state index contributed by atoms with van der Waals surface area (Å²) < 4.78 is 1.72. The van der Waals surface area contributed by atoms with Crippen LogP contribution in [0.25, 0.3) is 5.69 Å². The predicted octanol–water partition coefficient (Wildman–Crippen LogP) is 4.40. The standard InChI is InChI=1S/C23H23N7O/c1-3-24-23-26-16(2)14-21(29-23)27-18-8-10-19(11-9-18)28-22(31)17-6-4-7-20(15-17)30-13-5-12-25-30/h4-15H,3H2,1-2H3,(H,28,31)(H2,24,26,27,29). The van der Waals surface area contributed by atoms with Gasteiger partial charge >= 0.3 is 0 Å². The molecule has 8 heteroatoms. The van der Waals surface area contributed by atoms with Crippen molar-refractivity contribution in [2.75, 3.05) is 22.5 Å². The molecule has 0 spiro atoms. The molecule has 156 valence electrons. The molecule has 2 aromatic carbocycles. The van der Waals surface area contributed by atoms with Crippen molar-refractivity contribution < 1.29 is 4.79 Å². The summed E-state index contributed by atoms with van der Waals surface area (Å²) in [6.45, 7) is 4.68. The normalized spacial score (nSPS) is 10.5. The van der Waals surface area contributed by atoms with Crippen molar-refractivity contribution in [3.63, 3.8) is 0 Å². The van der Waals surface area contributed by atoms with Gasteiger partial charge in [-0.1, -0.05) is 6.07 Å². The van der Waals surface area contributed by atoms with E-state index in [2.05, 4.69) is 31.0 Å². The zero-order valence-electron chi connectivity index (χ0n) is 17.3. The van der Waals surface area contributed by atoms with E-state index in [1.807, 2.05) is 68.6 Å². The molecular weight excluding hydrogens is 390 g/mol. The Morgan fingerprint density at radius 3 is 2.55 bits per heavy atom. The summed E-state index contributed by atoms with van der Waals surface area (Å²) in [4.78, 5) is 21.5. The van der Waals surface area contributed by atoms with Crippen LogP contribution in [0.1, 0.15) is 23.0 Å². The molecule has 3 N–H and O–H groups in total. The number of carbonyl (C=O) groups is 1. The molecule has 4 aromatic rings. The molecule has 4 rings (SSSR count). The number of nitrogens with one attached hydrogen (secondary N) is 3. The molecule has 1 amide bonds. The van der Waals surface area contributed by atoms with Gasteiger partial charge in [-0.15, -0.1) is 0 Å². The van der Waals surface area contributed by atoms with E-state index in [9.17, 15) is 4.79 Å². The van der Waals surface area contributed by atoms with Crippen molar-refractivity contribution >= 4 is 29.0 Å². The molecule has 2 heterocycles. The molecule has 0 saturated carbocycles. The molecule has 31 heavy (non-hydrogen) atoms. The quantitative estimate of drug-likeness (QED) is 0.416. The molecule has 0 aliphatic heterocycles. The molecule has 0 aliphatic carbocycles. The molecule has 0 aliphatic rings. The summed E-state index contributed by atoms with van der Waals surface area (Å²) in [6, 6.07) is 18.5. The number of anilines is 4. The highest BCUT2D eigenvalue weighted by Gasteiger charge is 2.08. The minimum absolute atomic E-state index is 0.184. The molecule has 2 aromatic heterocycles. The second-order valence-electron chi connectivity index (χ2n) is 6.91. The molecule has 0 atom stereocenters. The first-order chi connectivity index (χ1) is 15.1. The summed E-state index contributed by atoms with van der Waals surface area (Å²) in [5, 5.41) is 13.5. The van der Waals surface area contributed by atoms with Crippen molar-refractivity contribution in [3.05, 3.63) is 84.3 Å². The number of amides is 1. The summed E-state index contributed by atoms with van der Waals surface area (Å²) in [5.41, 5.74) is 3.82. The Bertz CT molecular complexity index is 1170. The number of aromatic nitrogens is 4. The van der Waals surface area contributed by atoms with E-state index in [-0.39, 0.29) is 5.91 Å². The maximum atomic E-state index is 12.7. The van der Waals surface area contributed by atoms with E-state index in [0.717, 1.165) is 23.6 Å². The first-order valence-electron chi connectivity index (χ1n) is 9.99. The lowest BCUT2D eigenvalue weighted by molar-refractivity contribution is 0.102. The topological polar surface area (TPSA) is 96.8 Å². The summed E-state index contributed by atoms with van der Waals surface area (Å²) in [5.74, 6) is 1.11. The third kappa shape index (κ3) is 5.05. The Morgan fingerprint density at radius 2 is 1.81 bits per heavy atom. The van der Waals surface area contributed by atoms with Crippen molar-refractivity contribution in [3.8, 4) is 5.69 Å². The maximum Gasteiger partial charge on any atom is 0.255 e. The van der Waals surface area contributed by atoms with Gasteiger partial charge in [0.05, 0.1) is 5.69 Å². The van der Waals surface area contributed by atoms with Gasteiger partial charge in [-0.3, -0.25) is 4.79 Å². The second-order valence-corrected chi connectivity index (χ2v) is 6.91. The summed E-state index contributed by atoms with van der Waals surface area (Å²) in [7, 11) is 0. The van der Waals surface area contributed by atoms with Crippen LogP contribution in [0.15, 0.2) is 73.1 Å². The van der Waals surface area contributed by atoms with E-state index >= 15 is 0 Å². The van der Waals surface area contributed by atoms with Gasteiger partial charge in [0.2, 0.25) is 5.95 Å². The van der Waals surface area contributed by atoms with E-state index in [0.29, 0.717) is 23.0 Å². The molecule has 0 saturated heterocycles. The number of benzene rings is 2. The molecule has 0 fully saturated rings. The van der Waals surface area contributed by atoms with Crippen molar-refractivity contribution in [1.82, 2.24) is 19.7 Å². The molecular formula is C23H23N7O. The third-order valence-corrected chi connectivity index (χ3v) is 4.48. The van der Waals surface area contributed by atoms with Crippen molar-refractivity contribution in [1.29, 1.82) is 0 Å². The average Bonchev–Trinajstić information content (AvgIpc) is 3.30. The first-order valence-corrected chi connectivity index (χ1v) is 9.99. The minimum atomic E-state index is -0.184. The third-order valence-electron chi connectivity index (χ3n) is 4.48. The monoisotopic (exact) mass is 413 g/mol. The van der Waals surface area contributed by atoms with Crippen LogP contribution in [0.3, 0.4) is 0 Å². The Labute approximate surface area is 180 Å². The zero-order valence-corrected chi connectivity index (χ0v) is 17.3. The van der Waals surface area contributed by atoms with Crippen LogP contribution in [0.4, 0.5) is 23.1 Å². The molecule has 0 radical (unpaired) electrons. The van der Waals surface area contributed by atoms with Gasteiger partial charge in [-0.2, -0.15) is 10.1 Å². The Morgan fingerprint density at radius 1 is 1.00 bits per heavy atom. The lowest BCUT2D eigenvalue weighted by atomic mass is 10.2. The van der Waals surface area contributed by atoms with Crippen LogP contribution < -0.4 is 16.0 Å². The number of hydrogen-bond acceptors (Lipinski definition) is 6. The smallest absolute Gasteiger partial charge is 0.255 e. The van der Waals surface area contributed by atoms with Gasteiger partial charge < -0.3 is 16.0 Å². The second kappa shape index (κ2) is 9.08. The van der Waals surface area contributed by atoms with Gasteiger partial charge in [-0.05, 0) is 62.4 Å². The van der Waals surface area contributed by atoms with Gasteiger partial charge in [0.15, 0.2) is 0 Å². The lowest BCUT2D eigenvalue weighted by Gasteiger charge is -2.11. The fourth-order valence-electron chi connectivity index (χ4n) is 3.07. The molecule has 8 nitrogen and oxygen atoms in total. The predicted molar refractivity (Wildman–Crippen MR) is 122 cm³/mol. The maximum absolute atomic E-state index is 12.7. The highest BCUT2D eigenvalue weighted by atomic mass is 16.1. The van der Waals surface area contributed by atoms with Gasteiger partial charge in [-0.25, -0.2) is 9.67 Å². The summed E-state index contributed by atoms with van der Waals surface area (Å²) in [6.07, 6.45) is 3.54. The van der Waals surface area contributed by atoms with Crippen LogP contribution in [0.2, 0.25) is 0 Å². The van der Waals surface area contributed by atoms with Crippen LogP contribution >= 0.6 is 0 Å². The van der Waals surface area contributed by atoms with E-state index in [1.54, 1.807) is 23.0 Å². The lowest BCUT2D eigenvalue weighted by Crippen LogP contribution is -2.12. The van der Waals surface area contributed by atoms with Crippen LogP contribution in [0, 0.1) is 6.92 Å². The Kier molecular flexibility index (Phi) is 5.89. The van der Waals surface area contributed by atoms with Crippen LogP contribution in [-0.4, -0.2) is 32.2 Å². The largest absolute Gasteiger partial charge is 0.354 e. The molecule has 0 unspecified atom stereocenters.